The molecule has 1 saturated heterocycles. The minimum absolute atomic E-state index is 0.00570. The summed E-state index contributed by atoms with van der Waals surface area (Å²) in [4.78, 5) is 23.8. The molecule has 3 nitrogen and oxygen atoms in total. The Kier molecular flexibility index (Phi) is 3.08. The van der Waals surface area contributed by atoms with Gasteiger partial charge in [-0.05, 0) is 73.3 Å². The maximum Gasteiger partial charge on any atom is 0.306 e. The zero-order valence-corrected chi connectivity index (χ0v) is 15.3. The van der Waals surface area contributed by atoms with Gasteiger partial charge >= 0.3 is 5.97 Å². The van der Waals surface area contributed by atoms with E-state index in [2.05, 4.69) is 26.0 Å². The van der Waals surface area contributed by atoms with Crippen LogP contribution in [-0.2, 0) is 14.3 Å². The molecular formula is C22H28O3. The Balaban J connectivity index is 1.53. The van der Waals surface area contributed by atoms with Gasteiger partial charge in [0.2, 0.25) is 0 Å². The molecule has 6 atom stereocenters. The third-order valence-electron chi connectivity index (χ3n) is 8.85. The highest BCUT2D eigenvalue weighted by Crippen LogP contribution is 2.68. The third kappa shape index (κ3) is 1.88. The maximum absolute atomic E-state index is 11.9. The van der Waals surface area contributed by atoms with Gasteiger partial charge in [0.1, 0.15) is 5.60 Å². The Morgan fingerprint density at radius 2 is 1.80 bits per heavy atom. The number of fused-ring (bicyclic) bond motifs is 6. The lowest BCUT2D eigenvalue weighted by Gasteiger charge is -2.57. The number of carbonyl (C=O) groups excluding carboxylic acids is 2. The van der Waals surface area contributed by atoms with Crippen molar-refractivity contribution in [2.75, 3.05) is 0 Å². The zero-order valence-electron chi connectivity index (χ0n) is 15.3. The van der Waals surface area contributed by atoms with Crippen molar-refractivity contribution >= 4 is 11.8 Å². The smallest absolute Gasteiger partial charge is 0.306 e. The molecule has 0 N–H and O–H groups in total. The molecule has 0 radical (unpaired) electrons. The van der Waals surface area contributed by atoms with Crippen LogP contribution in [0.25, 0.3) is 0 Å². The topological polar surface area (TPSA) is 43.4 Å². The van der Waals surface area contributed by atoms with Crippen molar-refractivity contribution in [3.05, 3.63) is 23.8 Å². The molecule has 3 heteroatoms. The first-order valence-electron chi connectivity index (χ1n) is 10.0. The summed E-state index contributed by atoms with van der Waals surface area (Å²) in [5, 5.41) is 0. The highest BCUT2D eigenvalue weighted by atomic mass is 16.6. The number of hydrogen-bond donors (Lipinski definition) is 0. The minimum atomic E-state index is -0.201. The number of carbonyl (C=O) groups is 2. The first-order chi connectivity index (χ1) is 11.9. The van der Waals surface area contributed by atoms with Crippen LogP contribution in [0.2, 0.25) is 0 Å². The van der Waals surface area contributed by atoms with E-state index >= 15 is 0 Å². The maximum atomic E-state index is 11.9. The molecule has 3 fully saturated rings. The van der Waals surface area contributed by atoms with Gasteiger partial charge in [-0.3, -0.25) is 9.59 Å². The summed E-state index contributed by atoms with van der Waals surface area (Å²) in [6.45, 7) is 4.78. The Bertz CT molecular complexity index is 719. The van der Waals surface area contributed by atoms with Crippen LogP contribution < -0.4 is 0 Å². The molecule has 0 aromatic carbocycles. The number of esters is 1. The van der Waals surface area contributed by atoms with Crippen molar-refractivity contribution < 1.29 is 14.3 Å². The molecule has 25 heavy (non-hydrogen) atoms. The number of rotatable bonds is 0. The highest BCUT2D eigenvalue weighted by molar-refractivity contribution is 5.92. The molecule has 2 saturated carbocycles. The zero-order chi connectivity index (χ0) is 17.4. The van der Waals surface area contributed by atoms with Crippen LogP contribution in [0.4, 0.5) is 0 Å². The average molecular weight is 340 g/mol. The van der Waals surface area contributed by atoms with Crippen LogP contribution in [0.1, 0.15) is 65.2 Å². The fourth-order valence-corrected chi connectivity index (χ4v) is 7.29. The number of ketones is 1. The largest absolute Gasteiger partial charge is 0.458 e. The van der Waals surface area contributed by atoms with E-state index in [0.29, 0.717) is 30.6 Å². The molecule has 1 spiro atoms. The normalized spacial score (nSPS) is 51.0. The Hall–Kier alpha value is -1.38. The lowest BCUT2D eigenvalue weighted by molar-refractivity contribution is -0.165. The fraction of sp³-hybridized carbons (Fsp3) is 0.727. The minimum Gasteiger partial charge on any atom is -0.458 e. The lowest BCUT2D eigenvalue weighted by atomic mass is 9.48. The first kappa shape index (κ1) is 15.8. The van der Waals surface area contributed by atoms with Gasteiger partial charge < -0.3 is 4.74 Å². The molecule has 0 aromatic rings. The van der Waals surface area contributed by atoms with Gasteiger partial charge in [0.15, 0.2) is 5.78 Å². The summed E-state index contributed by atoms with van der Waals surface area (Å²) in [6.07, 6.45) is 14.3. The van der Waals surface area contributed by atoms with Gasteiger partial charge in [-0.25, -0.2) is 0 Å². The molecule has 1 aliphatic heterocycles. The average Bonchev–Trinajstić information content (AvgIpc) is 3.10. The first-order valence-corrected chi connectivity index (χ1v) is 10.0. The van der Waals surface area contributed by atoms with Gasteiger partial charge in [-0.1, -0.05) is 26.0 Å². The van der Waals surface area contributed by atoms with E-state index in [4.69, 9.17) is 4.74 Å². The second-order valence-electron chi connectivity index (χ2n) is 9.60. The van der Waals surface area contributed by atoms with Crippen molar-refractivity contribution in [3.8, 4) is 0 Å². The van der Waals surface area contributed by atoms with E-state index in [-0.39, 0.29) is 28.2 Å². The third-order valence-corrected chi connectivity index (χ3v) is 8.85. The number of allylic oxidation sites excluding steroid dienone is 4. The van der Waals surface area contributed by atoms with Crippen molar-refractivity contribution in [1.82, 2.24) is 0 Å². The van der Waals surface area contributed by atoms with Crippen LogP contribution in [0, 0.1) is 28.6 Å². The van der Waals surface area contributed by atoms with Gasteiger partial charge in [-0.2, -0.15) is 0 Å². The summed E-state index contributed by atoms with van der Waals surface area (Å²) in [6, 6.07) is 0. The summed E-state index contributed by atoms with van der Waals surface area (Å²) >= 11 is 0. The molecule has 0 aromatic heterocycles. The van der Waals surface area contributed by atoms with E-state index < -0.39 is 0 Å². The standard InChI is InChI=1S/C22H28O3/c1-20-9-5-15(23)13-14(20)3-4-16-17(20)6-10-21(2)18(16)7-11-22(21)12-8-19(24)25-22/h3-4,13,16-18H,5-12H2,1-2H3/t16-,17+,18-,20+,21-,22+/m1/s1. The second kappa shape index (κ2) is 4.86. The van der Waals surface area contributed by atoms with Crippen molar-refractivity contribution in [2.24, 2.45) is 28.6 Å². The van der Waals surface area contributed by atoms with E-state index in [1.54, 1.807) is 0 Å². The van der Waals surface area contributed by atoms with Crippen molar-refractivity contribution in [3.63, 3.8) is 0 Å². The van der Waals surface area contributed by atoms with E-state index in [1.165, 1.54) is 18.4 Å². The van der Waals surface area contributed by atoms with E-state index in [1.807, 2.05) is 6.08 Å². The van der Waals surface area contributed by atoms with Crippen LogP contribution in [0.5, 0.6) is 0 Å². The molecule has 134 valence electrons. The van der Waals surface area contributed by atoms with Crippen molar-refractivity contribution in [2.45, 2.75) is 70.8 Å². The highest BCUT2D eigenvalue weighted by Gasteiger charge is 2.66. The van der Waals surface area contributed by atoms with Crippen LogP contribution in [0.3, 0.4) is 0 Å². The van der Waals surface area contributed by atoms with Crippen molar-refractivity contribution in [1.29, 1.82) is 0 Å². The monoisotopic (exact) mass is 340 g/mol. The van der Waals surface area contributed by atoms with Gasteiger partial charge in [0.05, 0.1) is 0 Å². The van der Waals surface area contributed by atoms with E-state index in [0.717, 1.165) is 25.7 Å². The molecule has 0 bridgehead atoms. The molecule has 0 unspecified atom stereocenters. The van der Waals surface area contributed by atoms with E-state index in [9.17, 15) is 9.59 Å². The summed E-state index contributed by atoms with van der Waals surface area (Å²) in [7, 11) is 0. The predicted molar refractivity (Wildman–Crippen MR) is 94.7 cm³/mol. The molecule has 4 aliphatic carbocycles. The fourth-order valence-electron chi connectivity index (χ4n) is 7.29. The lowest BCUT2D eigenvalue weighted by Crippen LogP contribution is -2.53. The Morgan fingerprint density at radius 3 is 2.56 bits per heavy atom. The van der Waals surface area contributed by atoms with Gasteiger partial charge in [0, 0.05) is 18.3 Å². The summed E-state index contributed by atoms with van der Waals surface area (Å²) in [5.74, 6) is 2.08. The Labute approximate surface area is 149 Å². The molecule has 5 rings (SSSR count). The molecule has 1 heterocycles. The molecular weight excluding hydrogens is 312 g/mol. The second-order valence-corrected chi connectivity index (χ2v) is 9.60. The number of hydrogen-bond acceptors (Lipinski definition) is 3. The summed E-state index contributed by atoms with van der Waals surface area (Å²) in [5.41, 5.74) is 1.32. The molecule has 0 amide bonds. The SMILES string of the molecule is C[C@]12CCC(=O)C=C1C=C[C@H]1[C@H]3CC[C@]4(CCC(=O)O4)[C@]3(C)CC[C@@H]12. The van der Waals surface area contributed by atoms with Crippen LogP contribution in [0.15, 0.2) is 23.8 Å². The van der Waals surface area contributed by atoms with Crippen LogP contribution >= 0.6 is 0 Å². The molecule has 5 aliphatic rings. The van der Waals surface area contributed by atoms with Gasteiger partial charge in [0.25, 0.3) is 0 Å². The van der Waals surface area contributed by atoms with Crippen LogP contribution in [-0.4, -0.2) is 17.4 Å². The van der Waals surface area contributed by atoms with Gasteiger partial charge in [-0.15, -0.1) is 0 Å². The number of ether oxygens (including phenoxy) is 1. The predicted octanol–water partition coefficient (Wildman–Crippen LogP) is 4.37. The summed E-state index contributed by atoms with van der Waals surface area (Å²) < 4.78 is 5.99. The quantitative estimate of drug-likeness (QED) is 0.615. The Morgan fingerprint density at radius 1 is 1.00 bits per heavy atom.